The summed E-state index contributed by atoms with van der Waals surface area (Å²) in [6.07, 6.45) is -1.27. The number of hydrogen-bond donors (Lipinski definition) is 4. The molecular formula is C22H25N3O6. The molecule has 0 fully saturated rings. The van der Waals surface area contributed by atoms with E-state index in [1.165, 1.54) is 0 Å². The van der Waals surface area contributed by atoms with Gasteiger partial charge in [-0.25, -0.2) is 4.79 Å². The Morgan fingerprint density at radius 1 is 0.871 bits per heavy atom. The number of ether oxygens (including phenoxy) is 1. The molecule has 164 valence electrons. The van der Waals surface area contributed by atoms with Gasteiger partial charge in [0.25, 0.3) is 0 Å². The predicted octanol–water partition coefficient (Wildman–Crippen LogP) is 1.36. The van der Waals surface area contributed by atoms with Crippen LogP contribution in [0.2, 0.25) is 0 Å². The van der Waals surface area contributed by atoms with Gasteiger partial charge in [0, 0.05) is 12.8 Å². The average Bonchev–Trinajstić information content (AvgIpc) is 2.75. The van der Waals surface area contributed by atoms with E-state index in [-0.39, 0.29) is 25.9 Å². The van der Waals surface area contributed by atoms with Crippen molar-refractivity contribution in [2.75, 3.05) is 0 Å². The van der Waals surface area contributed by atoms with Crippen molar-refractivity contribution in [3.63, 3.8) is 0 Å². The van der Waals surface area contributed by atoms with Gasteiger partial charge >= 0.3 is 12.1 Å². The molecule has 0 aliphatic rings. The van der Waals surface area contributed by atoms with Crippen molar-refractivity contribution in [2.24, 2.45) is 5.73 Å². The van der Waals surface area contributed by atoms with E-state index in [9.17, 15) is 19.2 Å². The van der Waals surface area contributed by atoms with E-state index in [2.05, 4.69) is 10.6 Å². The Balaban J connectivity index is 2.00. The number of primary amides is 1. The molecular weight excluding hydrogens is 402 g/mol. The van der Waals surface area contributed by atoms with E-state index in [1.54, 1.807) is 48.5 Å². The number of carboxylic acids is 1. The molecule has 9 heteroatoms. The van der Waals surface area contributed by atoms with Crippen LogP contribution in [0.3, 0.4) is 0 Å². The number of carbonyl (C=O) groups excluding carboxylic acids is 3. The van der Waals surface area contributed by atoms with Crippen LogP contribution in [-0.4, -0.2) is 41.1 Å². The zero-order valence-electron chi connectivity index (χ0n) is 16.8. The molecule has 0 saturated carbocycles. The summed E-state index contributed by atoms with van der Waals surface area (Å²) in [7, 11) is 0. The number of hydrogen-bond acceptors (Lipinski definition) is 5. The molecule has 9 nitrogen and oxygen atoms in total. The highest BCUT2D eigenvalue weighted by atomic mass is 16.5. The summed E-state index contributed by atoms with van der Waals surface area (Å²) in [5, 5.41) is 13.8. The van der Waals surface area contributed by atoms with Gasteiger partial charge in [0.1, 0.15) is 18.7 Å². The molecule has 2 aromatic rings. The summed E-state index contributed by atoms with van der Waals surface area (Å²) in [5.74, 6) is -2.61. The lowest BCUT2D eigenvalue weighted by atomic mass is 10.0. The third-order valence-electron chi connectivity index (χ3n) is 4.41. The number of nitrogens with one attached hydrogen (secondary N) is 2. The second kappa shape index (κ2) is 12.0. The molecule has 0 heterocycles. The summed E-state index contributed by atoms with van der Waals surface area (Å²) in [6.45, 7) is -0.0160. The van der Waals surface area contributed by atoms with Crippen molar-refractivity contribution >= 4 is 23.9 Å². The second-order valence-electron chi connectivity index (χ2n) is 6.84. The first-order valence-electron chi connectivity index (χ1n) is 9.67. The van der Waals surface area contributed by atoms with E-state index in [1.807, 2.05) is 12.1 Å². The van der Waals surface area contributed by atoms with Crippen LogP contribution in [-0.2, 0) is 32.1 Å². The minimum Gasteiger partial charge on any atom is -0.481 e. The molecule has 5 N–H and O–H groups in total. The van der Waals surface area contributed by atoms with E-state index in [0.717, 1.165) is 11.1 Å². The Hall–Kier alpha value is -3.88. The third kappa shape index (κ3) is 8.57. The summed E-state index contributed by atoms with van der Waals surface area (Å²) in [6, 6.07) is 15.6. The van der Waals surface area contributed by atoms with Gasteiger partial charge in [-0.3, -0.25) is 14.4 Å². The van der Waals surface area contributed by atoms with Gasteiger partial charge in [-0.15, -0.1) is 0 Å². The molecule has 0 aromatic heterocycles. The number of nitrogens with two attached hydrogens (primary N) is 1. The molecule has 0 saturated heterocycles. The van der Waals surface area contributed by atoms with Crippen LogP contribution in [0.4, 0.5) is 4.79 Å². The molecule has 0 spiro atoms. The topological polar surface area (TPSA) is 148 Å². The number of carboxylic acid groups (broad SMARTS) is 1. The van der Waals surface area contributed by atoms with Gasteiger partial charge in [0.2, 0.25) is 11.8 Å². The Kier molecular flexibility index (Phi) is 9.03. The predicted molar refractivity (Wildman–Crippen MR) is 112 cm³/mol. The lowest BCUT2D eigenvalue weighted by molar-refractivity contribution is -0.137. The van der Waals surface area contributed by atoms with Crippen molar-refractivity contribution < 1.29 is 29.0 Å². The number of alkyl carbamates (subject to hydrolysis) is 1. The fourth-order valence-corrected chi connectivity index (χ4v) is 2.79. The van der Waals surface area contributed by atoms with Crippen molar-refractivity contribution in [3.8, 4) is 0 Å². The van der Waals surface area contributed by atoms with Crippen LogP contribution in [0.1, 0.15) is 24.0 Å². The Labute approximate surface area is 179 Å². The molecule has 3 amide bonds. The number of benzene rings is 2. The Morgan fingerprint density at radius 2 is 1.45 bits per heavy atom. The highest BCUT2D eigenvalue weighted by molar-refractivity contribution is 5.91. The molecule has 2 rings (SSSR count). The largest absolute Gasteiger partial charge is 0.481 e. The smallest absolute Gasteiger partial charge is 0.408 e. The highest BCUT2D eigenvalue weighted by Crippen LogP contribution is 2.06. The maximum Gasteiger partial charge on any atom is 0.408 e. The average molecular weight is 427 g/mol. The van der Waals surface area contributed by atoms with E-state index in [0.29, 0.717) is 0 Å². The van der Waals surface area contributed by atoms with Crippen molar-refractivity contribution in [1.29, 1.82) is 0 Å². The fraction of sp³-hybridized carbons (Fsp3) is 0.273. The molecule has 0 unspecified atom stereocenters. The molecule has 2 atom stereocenters. The van der Waals surface area contributed by atoms with Crippen LogP contribution < -0.4 is 16.4 Å². The van der Waals surface area contributed by atoms with Crippen molar-refractivity contribution in [1.82, 2.24) is 10.6 Å². The van der Waals surface area contributed by atoms with Crippen LogP contribution in [0, 0.1) is 0 Å². The molecule has 0 radical (unpaired) electrons. The van der Waals surface area contributed by atoms with Gasteiger partial charge in [0.05, 0.1) is 0 Å². The van der Waals surface area contributed by atoms with Gasteiger partial charge in [-0.2, -0.15) is 0 Å². The maximum absolute atomic E-state index is 12.7. The number of aliphatic carboxylic acids is 1. The molecule has 0 aliphatic heterocycles. The highest BCUT2D eigenvalue weighted by Gasteiger charge is 2.27. The standard InChI is InChI=1S/C22H25N3O6/c23-20(28)18(13-15-7-3-1-4-8-15)24-21(29)17(11-12-19(26)27)25-22(30)31-14-16-9-5-2-6-10-16/h1-10,17-18H,11-14H2,(H2,23,28)(H,24,29)(H,25,30)(H,26,27)/t17-,18-/m0/s1. The van der Waals surface area contributed by atoms with Gasteiger partial charge in [0.15, 0.2) is 0 Å². The zero-order valence-corrected chi connectivity index (χ0v) is 16.8. The molecule has 2 aromatic carbocycles. The molecule has 0 aliphatic carbocycles. The summed E-state index contributed by atoms with van der Waals surface area (Å²) < 4.78 is 5.09. The van der Waals surface area contributed by atoms with Gasteiger partial charge in [-0.1, -0.05) is 60.7 Å². The SMILES string of the molecule is NC(=O)[C@H](Cc1ccccc1)NC(=O)[C@H](CCC(=O)O)NC(=O)OCc1ccccc1. The van der Waals surface area contributed by atoms with Crippen molar-refractivity contribution in [2.45, 2.75) is 38.0 Å². The first kappa shape index (κ1) is 23.4. The molecule has 31 heavy (non-hydrogen) atoms. The Morgan fingerprint density at radius 3 is 2.00 bits per heavy atom. The lowest BCUT2D eigenvalue weighted by Gasteiger charge is -2.21. The first-order chi connectivity index (χ1) is 14.8. The normalized spacial score (nSPS) is 12.3. The van der Waals surface area contributed by atoms with Gasteiger partial charge < -0.3 is 26.2 Å². The van der Waals surface area contributed by atoms with Crippen LogP contribution >= 0.6 is 0 Å². The molecule has 0 bridgehead atoms. The number of amides is 3. The second-order valence-corrected chi connectivity index (χ2v) is 6.84. The monoisotopic (exact) mass is 427 g/mol. The van der Waals surface area contributed by atoms with E-state index in [4.69, 9.17) is 15.6 Å². The summed E-state index contributed by atoms with van der Waals surface area (Å²) in [5.41, 5.74) is 6.94. The van der Waals surface area contributed by atoms with E-state index < -0.39 is 36.0 Å². The number of carbonyl (C=O) groups is 4. The zero-order chi connectivity index (χ0) is 22.6. The van der Waals surface area contributed by atoms with E-state index >= 15 is 0 Å². The third-order valence-corrected chi connectivity index (χ3v) is 4.41. The first-order valence-corrected chi connectivity index (χ1v) is 9.67. The number of rotatable bonds is 11. The quantitative estimate of drug-likeness (QED) is 0.426. The van der Waals surface area contributed by atoms with Gasteiger partial charge in [-0.05, 0) is 17.5 Å². The summed E-state index contributed by atoms with van der Waals surface area (Å²) in [4.78, 5) is 47.6. The van der Waals surface area contributed by atoms with Crippen LogP contribution in [0.5, 0.6) is 0 Å². The minimum atomic E-state index is -1.21. The lowest BCUT2D eigenvalue weighted by Crippen LogP contribution is -2.53. The van der Waals surface area contributed by atoms with Crippen LogP contribution in [0.25, 0.3) is 0 Å². The Bertz CT molecular complexity index is 889. The summed E-state index contributed by atoms with van der Waals surface area (Å²) >= 11 is 0. The van der Waals surface area contributed by atoms with Crippen LogP contribution in [0.15, 0.2) is 60.7 Å². The van der Waals surface area contributed by atoms with Crippen molar-refractivity contribution in [3.05, 3.63) is 71.8 Å². The maximum atomic E-state index is 12.7. The minimum absolute atomic E-state index is 0.0160. The fourth-order valence-electron chi connectivity index (χ4n) is 2.79.